The standard InChI is InChI=1S/C14H11ClN2O/c1-8-10(3-2-4-13(8)18)14-16-11-6-5-9(15)7-12(11)17-14/h2-7,18H,1H3,(H,16,17). The number of H-pyrrole nitrogens is 1. The Labute approximate surface area is 109 Å². The molecule has 0 radical (unpaired) electrons. The molecule has 18 heavy (non-hydrogen) atoms. The lowest BCUT2D eigenvalue weighted by Gasteiger charge is -2.03. The van der Waals surface area contributed by atoms with E-state index in [4.69, 9.17) is 11.6 Å². The Balaban J connectivity index is 2.22. The van der Waals surface area contributed by atoms with E-state index in [0.29, 0.717) is 5.02 Å². The predicted molar refractivity (Wildman–Crippen MR) is 72.9 cm³/mol. The Bertz CT molecular complexity index is 734. The highest BCUT2D eigenvalue weighted by Gasteiger charge is 2.10. The highest BCUT2D eigenvalue weighted by molar-refractivity contribution is 6.31. The zero-order valence-corrected chi connectivity index (χ0v) is 10.5. The molecule has 0 fully saturated rings. The van der Waals surface area contributed by atoms with Crippen molar-refractivity contribution in [3.05, 3.63) is 47.0 Å². The summed E-state index contributed by atoms with van der Waals surface area (Å²) in [4.78, 5) is 7.71. The summed E-state index contributed by atoms with van der Waals surface area (Å²) in [5, 5.41) is 10.4. The van der Waals surface area contributed by atoms with E-state index in [-0.39, 0.29) is 5.75 Å². The first-order valence-electron chi connectivity index (χ1n) is 5.59. The van der Waals surface area contributed by atoms with Crippen LogP contribution in [0.15, 0.2) is 36.4 Å². The lowest BCUT2D eigenvalue weighted by molar-refractivity contribution is 0.471. The van der Waals surface area contributed by atoms with Gasteiger partial charge in [0.1, 0.15) is 11.6 Å². The summed E-state index contributed by atoms with van der Waals surface area (Å²) in [5.74, 6) is 1.01. The second-order valence-electron chi connectivity index (χ2n) is 4.20. The molecule has 3 aromatic rings. The molecule has 0 saturated carbocycles. The number of halogens is 1. The van der Waals surface area contributed by atoms with Crippen LogP contribution in [0.5, 0.6) is 5.75 Å². The van der Waals surface area contributed by atoms with Crippen molar-refractivity contribution in [2.24, 2.45) is 0 Å². The van der Waals surface area contributed by atoms with E-state index in [1.54, 1.807) is 12.1 Å². The number of benzene rings is 2. The minimum Gasteiger partial charge on any atom is -0.508 e. The number of phenols is 1. The van der Waals surface area contributed by atoms with Gasteiger partial charge in [-0.15, -0.1) is 0 Å². The second kappa shape index (κ2) is 4.03. The maximum Gasteiger partial charge on any atom is 0.138 e. The lowest BCUT2D eigenvalue weighted by atomic mass is 10.1. The first-order chi connectivity index (χ1) is 8.65. The fourth-order valence-electron chi connectivity index (χ4n) is 1.99. The molecule has 2 aromatic carbocycles. The number of aromatic hydroxyl groups is 1. The van der Waals surface area contributed by atoms with Crippen molar-refractivity contribution in [3.63, 3.8) is 0 Å². The quantitative estimate of drug-likeness (QED) is 0.695. The molecule has 3 rings (SSSR count). The molecule has 0 unspecified atom stereocenters. The van der Waals surface area contributed by atoms with E-state index in [9.17, 15) is 5.11 Å². The Morgan fingerprint density at radius 3 is 2.89 bits per heavy atom. The smallest absolute Gasteiger partial charge is 0.138 e. The van der Waals surface area contributed by atoms with Crippen molar-refractivity contribution in [2.45, 2.75) is 6.92 Å². The van der Waals surface area contributed by atoms with Crippen LogP contribution in [0.1, 0.15) is 5.56 Å². The van der Waals surface area contributed by atoms with E-state index >= 15 is 0 Å². The third kappa shape index (κ3) is 1.73. The van der Waals surface area contributed by atoms with Gasteiger partial charge in [0.25, 0.3) is 0 Å². The van der Waals surface area contributed by atoms with Gasteiger partial charge in [-0.1, -0.05) is 23.7 Å². The van der Waals surface area contributed by atoms with Crippen molar-refractivity contribution in [1.29, 1.82) is 0 Å². The number of hydrogen-bond donors (Lipinski definition) is 2. The number of hydrogen-bond acceptors (Lipinski definition) is 2. The Kier molecular flexibility index (Phi) is 2.49. The summed E-state index contributed by atoms with van der Waals surface area (Å²) >= 11 is 5.94. The zero-order chi connectivity index (χ0) is 12.7. The van der Waals surface area contributed by atoms with E-state index in [1.165, 1.54) is 0 Å². The van der Waals surface area contributed by atoms with Gasteiger partial charge in [0, 0.05) is 16.1 Å². The molecule has 0 atom stereocenters. The lowest BCUT2D eigenvalue weighted by Crippen LogP contribution is -1.85. The average Bonchev–Trinajstić information content (AvgIpc) is 2.75. The van der Waals surface area contributed by atoms with Gasteiger partial charge in [-0.25, -0.2) is 4.98 Å². The summed E-state index contributed by atoms with van der Waals surface area (Å²) in [6, 6.07) is 10.9. The van der Waals surface area contributed by atoms with Crippen LogP contribution in [0.4, 0.5) is 0 Å². The summed E-state index contributed by atoms with van der Waals surface area (Å²) in [7, 11) is 0. The van der Waals surface area contributed by atoms with Gasteiger partial charge < -0.3 is 10.1 Å². The van der Waals surface area contributed by atoms with Crippen LogP contribution < -0.4 is 0 Å². The van der Waals surface area contributed by atoms with Gasteiger partial charge in [0.15, 0.2) is 0 Å². The molecular weight excluding hydrogens is 248 g/mol. The molecular formula is C14H11ClN2O. The fourth-order valence-corrected chi connectivity index (χ4v) is 2.16. The molecule has 0 aliphatic rings. The predicted octanol–water partition coefficient (Wildman–Crippen LogP) is 3.90. The van der Waals surface area contributed by atoms with Crippen LogP contribution in [-0.2, 0) is 0 Å². The SMILES string of the molecule is Cc1c(O)cccc1-c1nc2ccc(Cl)cc2[nH]1. The number of nitrogens with one attached hydrogen (secondary N) is 1. The van der Waals surface area contributed by atoms with Crippen LogP contribution in [-0.4, -0.2) is 15.1 Å². The van der Waals surface area contributed by atoms with Crippen molar-refractivity contribution in [2.75, 3.05) is 0 Å². The summed E-state index contributed by atoms with van der Waals surface area (Å²) in [6.45, 7) is 1.87. The maximum atomic E-state index is 9.72. The molecule has 90 valence electrons. The maximum absolute atomic E-state index is 9.72. The van der Waals surface area contributed by atoms with Crippen LogP contribution in [0.25, 0.3) is 22.4 Å². The number of aromatic amines is 1. The van der Waals surface area contributed by atoms with Crippen LogP contribution in [0.2, 0.25) is 5.02 Å². The van der Waals surface area contributed by atoms with E-state index in [1.807, 2.05) is 31.2 Å². The van der Waals surface area contributed by atoms with Gasteiger partial charge in [-0.05, 0) is 31.2 Å². The number of nitrogens with zero attached hydrogens (tertiary/aromatic N) is 1. The van der Waals surface area contributed by atoms with Gasteiger partial charge in [0.05, 0.1) is 11.0 Å². The van der Waals surface area contributed by atoms with Gasteiger partial charge in [-0.2, -0.15) is 0 Å². The van der Waals surface area contributed by atoms with Crippen molar-refractivity contribution in [3.8, 4) is 17.1 Å². The Morgan fingerprint density at radius 1 is 1.22 bits per heavy atom. The minimum atomic E-state index is 0.269. The average molecular weight is 259 g/mol. The highest BCUT2D eigenvalue weighted by atomic mass is 35.5. The third-order valence-corrected chi connectivity index (χ3v) is 3.24. The normalized spacial score (nSPS) is 11.0. The van der Waals surface area contributed by atoms with Crippen molar-refractivity contribution < 1.29 is 5.11 Å². The molecule has 0 spiro atoms. The number of fused-ring (bicyclic) bond motifs is 1. The number of phenolic OH excluding ortho intramolecular Hbond substituents is 1. The molecule has 0 bridgehead atoms. The van der Waals surface area contributed by atoms with Crippen molar-refractivity contribution >= 4 is 22.6 Å². The summed E-state index contributed by atoms with van der Waals surface area (Å²) < 4.78 is 0. The molecule has 2 N–H and O–H groups in total. The molecule has 1 aromatic heterocycles. The molecule has 4 heteroatoms. The third-order valence-electron chi connectivity index (χ3n) is 3.00. The van der Waals surface area contributed by atoms with E-state index in [2.05, 4.69) is 9.97 Å². The first kappa shape index (κ1) is 11.1. The summed E-state index contributed by atoms with van der Waals surface area (Å²) in [6.07, 6.45) is 0. The summed E-state index contributed by atoms with van der Waals surface area (Å²) in [5.41, 5.74) is 3.45. The monoisotopic (exact) mass is 258 g/mol. The van der Waals surface area contributed by atoms with Crippen LogP contribution in [0.3, 0.4) is 0 Å². The van der Waals surface area contributed by atoms with Gasteiger partial charge in [0.2, 0.25) is 0 Å². The zero-order valence-electron chi connectivity index (χ0n) is 9.74. The topological polar surface area (TPSA) is 48.9 Å². The highest BCUT2D eigenvalue weighted by Crippen LogP contribution is 2.29. The Morgan fingerprint density at radius 2 is 2.06 bits per heavy atom. The van der Waals surface area contributed by atoms with Crippen LogP contribution >= 0.6 is 11.6 Å². The molecule has 0 aliphatic heterocycles. The van der Waals surface area contributed by atoms with Crippen molar-refractivity contribution in [1.82, 2.24) is 9.97 Å². The molecule has 3 nitrogen and oxygen atoms in total. The van der Waals surface area contributed by atoms with Crippen LogP contribution in [0, 0.1) is 6.92 Å². The van der Waals surface area contributed by atoms with E-state index < -0.39 is 0 Å². The molecule has 0 amide bonds. The molecule has 0 aliphatic carbocycles. The Hall–Kier alpha value is -2.00. The van der Waals surface area contributed by atoms with Gasteiger partial charge in [-0.3, -0.25) is 0 Å². The molecule has 1 heterocycles. The number of aromatic nitrogens is 2. The van der Waals surface area contributed by atoms with E-state index in [0.717, 1.165) is 28.0 Å². The molecule has 0 saturated heterocycles. The second-order valence-corrected chi connectivity index (χ2v) is 4.63. The number of imidazole rings is 1. The fraction of sp³-hybridized carbons (Fsp3) is 0.0714. The first-order valence-corrected chi connectivity index (χ1v) is 5.97. The largest absolute Gasteiger partial charge is 0.508 e. The van der Waals surface area contributed by atoms with Gasteiger partial charge >= 0.3 is 0 Å². The minimum absolute atomic E-state index is 0.269. The number of rotatable bonds is 1.